The molecule has 8 nitrogen and oxygen atoms in total. The summed E-state index contributed by atoms with van der Waals surface area (Å²) < 4.78 is 40.2. The molecule has 0 aliphatic heterocycles. The van der Waals surface area contributed by atoms with Crippen molar-refractivity contribution < 1.29 is 22.7 Å². The van der Waals surface area contributed by atoms with Gasteiger partial charge in [-0.3, -0.25) is 4.79 Å². The number of hydrogen-bond donors (Lipinski definition) is 1. The summed E-state index contributed by atoms with van der Waals surface area (Å²) in [6.45, 7) is 8.19. The number of carbonyl (C=O) groups excluding carboxylic acids is 1. The van der Waals surface area contributed by atoms with E-state index < -0.39 is 15.9 Å². The predicted molar refractivity (Wildman–Crippen MR) is 116 cm³/mol. The Hall–Kier alpha value is -3.33. The molecule has 0 unspecified atom stereocenters. The summed E-state index contributed by atoms with van der Waals surface area (Å²) in [4.78, 5) is 12.5. The lowest BCUT2D eigenvalue weighted by molar-refractivity contribution is 0.0981. The summed E-state index contributed by atoms with van der Waals surface area (Å²) in [7, 11) is -4.10. The highest BCUT2D eigenvalue weighted by Crippen LogP contribution is 2.30. The van der Waals surface area contributed by atoms with Crippen LogP contribution in [0.2, 0.25) is 0 Å². The van der Waals surface area contributed by atoms with E-state index in [1.807, 2.05) is 26.8 Å². The van der Waals surface area contributed by atoms with Crippen molar-refractivity contribution in [2.24, 2.45) is 0 Å². The molecule has 3 aromatic rings. The highest BCUT2D eigenvalue weighted by atomic mass is 32.2. The van der Waals surface area contributed by atoms with Gasteiger partial charge in [-0.25, -0.2) is 17.8 Å². The Balaban J connectivity index is 1.80. The predicted octanol–water partition coefficient (Wildman–Crippen LogP) is 3.41. The van der Waals surface area contributed by atoms with E-state index in [-0.39, 0.29) is 10.5 Å². The Labute approximate surface area is 181 Å². The molecule has 0 aliphatic rings. The fourth-order valence-electron chi connectivity index (χ4n) is 3.08. The van der Waals surface area contributed by atoms with E-state index in [1.54, 1.807) is 35.9 Å². The molecule has 3 rings (SSSR count). The maximum absolute atomic E-state index is 12.7. The fraction of sp³-hybridized carbons (Fsp3) is 0.273. The van der Waals surface area contributed by atoms with E-state index in [1.165, 1.54) is 18.2 Å². The van der Waals surface area contributed by atoms with Crippen molar-refractivity contribution in [2.75, 3.05) is 13.2 Å². The largest absolute Gasteiger partial charge is 0.490 e. The van der Waals surface area contributed by atoms with Gasteiger partial charge in [0.2, 0.25) is 0 Å². The van der Waals surface area contributed by atoms with Crippen LogP contribution >= 0.6 is 0 Å². The van der Waals surface area contributed by atoms with Crippen molar-refractivity contribution in [3.05, 3.63) is 65.5 Å². The van der Waals surface area contributed by atoms with Crippen LogP contribution in [0.5, 0.6) is 11.5 Å². The van der Waals surface area contributed by atoms with Crippen molar-refractivity contribution in [2.45, 2.75) is 32.6 Å². The van der Waals surface area contributed by atoms with Crippen LogP contribution in [0.25, 0.3) is 5.69 Å². The Morgan fingerprint density at radius 3 is 2.19 bits per heavy atom. The van der Waals surface area contributed by atoms with Crippen LogP contribution in [0.15, 0.2) is 53.4 Å². The molecule has 0 atom stereocenters. The van der Waals surface area contributed by atoms with Gasteiger partial charge in [0.1, 0.15) is 0 Å². The van der Waals surface area contributed by atoms with E-state index in [0.29, 0.717) is 24.7 Å². The van der Waals surface area contributed by atoms with Gasteiger partial charge in [0.25, 0.3) is 15.9 Å². The normalized spacial score (nSPS) is 11.2. The maximum Gasteiger partial charge on any atom is 0.264 e. The minimum atomic E-state index is -4.10. The second kappa shape index (κ2) is 9.22. The number of nitrogens with zero attached hydrogens (tertiary/aromatic N) is 2. The molecule has 31 heavy (non-hydrogen) atoms. The summed E-state index contributed by atoms with van der Waals surface area (Å²) in [5.74, 6) is 0.00930. The monoisotopic (exact) mass is 443 g/mol. The molecule has 0 spiro atoms. The number of carbonyl (C=O) groups is 1. The van der Waals surface area contributed by atoms with Crippen LogP contribution in [-0.2, 0) is 10.0 Å². The Bertz CT molecular complexity index is 1180. The second-order valence-corrected chi connectivity index (χ2v) is 8.48. The van der Waals surface area contributed by atoms with Crippen molar-refractivity contribution >= 4 is 15.9 Å². The third kappa shape index (κ3) is 5.05. The van der Waals surface area contributed by atoms with Gasteiger partial charge >= 0.3 is 0 Å². The molecule has 0 radical (unpaired) electrons. The average Bonchev–Trinajstić information content (AvgIpc) is 3.07. The minimum absolute atomic E-state index is 0.0907. The Morgan fingerprint density at radius 2 is 1.61 bits per heavy atom. The minimum Gasteiger partial charge on any atom is -0.490 e. The first-order valence-electron chi connectivity index (χ1n) is 9.85. The van der Waals surface area contributed by atoms with E-state index in [2.05, 4.69) is 9.82 Å². The number of ether oxygens (including phenoxy) is 2. The van der Waals surface area contributed by atoms with Gasteiger partial charge < -0.3 is 9.47 Å². The molecule has 164 valence electrons. The highest BCUT2D eigenvalue weighted by molar-refractivity contribution is 7.90. The first-order valence-corrected chi connectivity index (χ1v) is 11.3. The zero-order valence-electron chi connectivity index (χ0n) is 17.9. The first kappa shape index (κ1) is 22.4. The lowest BCUT2D eigenvalue weighted by Gasteiger charge is -2.13. The van der Waals surface area contributed by atoms with Crippen LogP contribution in [0.3, 0.4) is 0 Å². The first-order chi connectivity index (χ1) is 14.7. The molecule has 0 saturated heterocycles. The standard InChI is InChI=1S/C22H25N3O5S/c1-5-29-20-12-11-19(14-21(20)30-6-2)31(27,28)24-22(26)17-7-9-18(10-8-17)25-16(4)13-15(3)23-25/h7-14H,5-6H2,1-4H3,(H,24,26). The lowest BCUT2D eigenvalue weighted by Crippen LogP contribution is -2.30. The van der Waals surface area contributed by atoms with Gasteiger partial charge in [-0.15, -0.1) is 0 Å². The topological polar surface area (TPSA) is 99.5 Å². The summed E-state index contributed by atoms with van der Waals surface area (Å²) >= 11 is 0. The van der Waals surface area contributed by atoms with Gasteiger partial charge in [-0.1, -0.05) is 0 Å². The molecule has 1 heterocycles. The Morgan fingerprint density at radius 1 is 0.968 bits per heavy atom. The summed E-state index contributed by atoms with van der Waals surface area (Å²) in [6, 6.07) is 12.7. The van der Waals surface area contributed by atoms with Crippen LogP contribution in [0.4, 0.5) is 0 Å². The van der Waals surface area contributed by atoms with Gasteiger partial charge in [-0.2, -0.15) is 5.10 Å². The van der Waals surface area contributed by atoms with Crippen LogP contribution < -0.4 is 14.2 Å². The summed E-state index contributed by atoms with van der Waals surface area (Å²) in [5, 5.41) is 4.40. The van der Waals surface area contributed by atoms with Gasteiger partial charge in [-0.05, 0) is 70.2 Å². The number of hydrogen-bond acceptors (Lipinski definition) is 6. The molecular weight excluding hydrogens is 418 g/mol. The number of aryl methyl sites for hydroxylation is 2. The average molecular weight is 444 g/mol. The second-order valence-electron chi connectivity index (χ2n) is 6.79. The summed E-state index contributed by atoms with van der Waals surface area (Å²) in [5.41, 5.74) is 2.83. The number of aromatic nitrogens is 2. The number of benzene rings is 2. The van der Waals surface area contributed by atoms with E-state index >= 15 is 0 Å². The van der Waals surface area contributed by atoms with Crippen LogP contribution in [0, 0.1) is 13.8 Å². The molecule has 1 N–H and O–H groups in total. The third-order valence-electron chi connectivity index (χ3n) is 4.44. The Kier molecular flexibility index (Phi) is 6.65. The number of sulfonamides is 1. The molecule has 0 fully saturated rings. The van der Waals surface area contributed by atoms with Crippen molar-refractivity contribution in [3.8, 4) is 17.2 Å². The zero-order valence-corrected chi connectivity index (χ0v) is 18.7. The smallest absolute Gasteiger partial charge is 0.264 e. The molecule has 0 bridgehead atoms. The van der Waals surface area contributed by atoms with Crippen LogP contribution in [0.1, 0.15) is 35.6 Å². The zero-order chi connectivity index (χ0) is 22.6. The third-order valence-corrected chi connectivity index (χ3v) is 5.76. The van der Waals surface area contributed by atoms with Gasteiger partial charge in [0, 0.05) is 17.3 Å². The van der Waals surface area contributed by atoms with Crippen molar-refractivity contribution in [1.29, 1.82) is 0 Å². The lowest BCUT2D eigenvalue weighted by atomic mass is 10.2. The van der Waals surface area contributed by atoms with Gasteiger partial charge in [0.15, 0.2) is 11.5 Å². The molecule has 0 saturated carbocycles. The van der Waals surface area contributed by atoms with E-state index in [9.17, 15) is 13.2 Å². The fourth-order valence-corrected chi connectivity index (χ4v) is 4.07. The molecule has 0 aliphatic carbocycles. The molecule has 1 amide bonds. The number of rotatable bonds is 8. The number of amides is 1. The van der Waals surface area contributed by atoms with Gasteiger partial charge in [0.05, 0.1) is 29.5 Å². The van der Waals surface area contributed by atoms with E-state index in [4.69, 9.17) is 9.47 Å². The van der Waals surface area contributed by atoms with Crippen LogP contribution in [-0.4, -0.2) is 37.3 Å². The van der Waals surface area contributed by atoms with Crippen molar-refractivity contribution in [3.63, 3.8) is 0 Å². The van der Waals surface area contributed by atoms with Crippen molar-refractivity contribution in [1.82, 2.24) is 14.5 Å². The molecule has 1 aromatic heterocycles. The maximum atomic E-state index is 12.7. The van der Waals surface area contributed by atoms with E-state index in [0.717, 1.165) is 17.1 Å². The quantitative estimate of drug-likeness (QED) is 0.573. The SMILES string of the molecule is CCOc1ccc(S(=O)(=O)NC(=O)c2ccc(-n3nc(C)cc3C)cc2)cc1OCC. The highest BCUT2D eigenvalue weighted by Gasteiger charge is 2.21. The molecular formula is C22H25N3O5S. The molecule has 2 aromatic carbocycles. The number of nitrogens with one attached hydrogen (secondary N) is 1. The molecule has 9 heteroatoms. The summed E-state index contributed by atoms with van der Waals surface area (Å²) in [6.07, 6.45) is 0.